The lowest BCUT2D eigenvalue weighted by molar-refractivity contribution is 0.162. The van der Waals surface area contributed by atoms with E-state index >= 15 is 0 Å². The topological polar surface area (TPSA) is 29.3 Å². The van der Waals surface area contributed by atoms with Gasteiger partial charge in [-0.05, 0) is 38.3 Å². The molecule has 1 heterocycles. The molecule has 1 atom stereocenters. The molecule has 0 spiro atoms. The molecule has 1 unspecified atom stereocenters. The van der Waals surface area contributed by atoms with Crippen LogP contribution in [0.1, 0.15) is 25.3 Å². The fourth-order valence-corrected chi connectivity index (χ4v) is 2.50. The second-order valence-corrected chi connectivity index (χ2v) is 5.27. The Labute approximate surface area is 98.4 Å². The molecule has 0 amide bonds. The van der Waals surface area contributed by atoms with Gasteiger partial charge in [0.05, 0.1) is 0 Å². The SMILES string of the molecule is CC1(N)CCCN(CCc2ccccc2)C1. The quantitative estimate of drug-likeness (QED) is 0.841. The molecule has 1 aromatic carbocycles. The van der Waals surface area contributed by atoms with Crippen molar-refractivity contribution in [3.63, 3.8) is 0 Å². The van der Waals surface area contributed by atoms with Gasteiger partial charge in [0.25, 0.3) is 0 Å². The molecule has 0 saturated carbocycles. The van der Waals surface area contributed by atoms with Gasteiger partial charge >= 0.3 is 0 Å². The molecular weight excluding hydrogens is 196 g/mol. The van der Waals surface area contributed by atoms with Gasteiger partial charge in [0.15, 0.2) is 0 Å². The third-order valence-electron chi connectivity index (χ3n) is 3.37. The number of nitrogens with two attached hydrogens (primary N) is 1. The Hall–Kier alpha value is -0.860. The van der Waals surface area contributed by atoms with Crippen molar-refractivity contribution in [2.45, 2.75) is 31.7 Å². The zero-order valence-electron chi connectivity index (χ0n) is 10.2. The van der Waals surface area contributed by atoms with Crippen LogP contribution in [-0.4, -0.2) is 30.1 Å². The lowest BCUT2D eigenvalue weighted by atomic mass is 9.92. The third kappa shape index (κ3) is 3.32. The molecule has 88 valence electrons. The number of nitrogens with zero attached hydrogens (tertiary/aromatic N) is 1. The van der Waals surface area contributed by atoms with E-state index in [0.29, 0.717) is 0 Å². The average Bonchev–Trinajstić information content (AvgIpc) is 2.27. The van der Waals surface area contributed by atoms with Crippen LogP contribution in [0, 0.1) is 0 Å². The molecule has 0 aromatic heterocycles. The normalized spacial score (nSPS) is 26.9. The molecule has 2 N–H and O–H groups in total. The van der Waals surface area contributed by atoms with Crippen LogP contribution >= 0.6 is 0 Å². The highest BCUT2D eigenvalue weighted by atomic mass is 15.2. The summed E-state index contributed by atoms with van der Waals surface area (Å²) >= 11 is 0. The molecule has 0 aliphatic carbocycles. The largest absolute Gasteiger partial charge is 0.324 e. The molecule has 0 radical (unpaired) electrons. The van der Waals surface area contributed by atoms with E-state index in [9.17, 15) is 0 Å². The van der Waals surface area contributed by atoms with E-state index in [1.165, 1.54) is 18.5 Å². The van der Waals surface area contributed by atoms with Crippen molar-refractivity contribution in [3.05, 3.63) is 35.9 Å². The van der Waals surface area contributed by atoms with Gasteiger partial charge < -0.3 is 10.6 Å². The van der Waals surface area contributed by atoms with Gasteiger partial charge in [-0.1, -0.05) is 30.3 Å². The fourth-order valence-electron chi connectivity index (χ4n) is 2.50. The van der Waals surface area contributed by atoms with Crippen molar-refractivity contribution in [1.29, 1.82) is 0 Å². The van der Waals surface area contributed by atoms with Crippen LogP contribution in [0.3, 0.4) is 0 Å². The number of likely N-dealkylation sites (tertiary alicyclic amines) is 1. The van der Waals surface area contributed by atoms with Crippen LogP contribution < -0.4 is 5.73 Å². The van der Waals surface area contributed by atoms with Crippen molar-refractivity contribution in [2.24, 2.45) is 5.73 Å². The highest BCUT2D eigenvalue weighted by Gasteiger charge is 2.26. The van der Waals surface area contributed by atoms with Gasteiger partial charge in [0, 0.05) is 18.6 Å². The van der Waals surface area contributed by atoms with Gasteiger partial charge in [0.1, 0.15) is 0 Å². The van der Waals surface area contributed by atoms with Crippen LogP contribution in [0.2, 0.25) is 0 Å². The first-order chi connectivity index (χ1) is 7.66. The third-order valence-corrected chi connectivity index (χ3v) is 3.37. The molecule has 0 bridgehead atoms. The predicted octanol–water partition coefficient (Wildman–Crippen LogP) is 2.04. The first kappa shape index (κ1) is 11.6. The molecule has 1 aliphatic heterocycles. The fraction of sp³-hybridized carbons (Fsp3) is 0.571. The van der Waals surface area contributed by atoms with Crippen LogP contribution in [0.15, 0.2) is 30.3 Å². The summed E-state index contributed by atoms with van der Waals surface area (Å²) in [6.07, 6.45) is 3.54. The van der Waals surface area contributed by atoms with E-state index in [-0.39, 0.29) is 5.54 Å². The maximum atomic E-state index is 6.20. The van der Waals surface area contributed by atoms with Crippen molar-refractivity contribution < 1.29 is 0 Å². The molecule has 16 heavy (non-hydrogen) atoms. The highest BCUT2D eigenvalue weighted by Crippen LogP contribution is 2.18. The molecular formula is C14H22N2. The maximum absolute atomic E-state index is 6.20. The van der Waals surface area contributed by atoms with E-state index < -0.39 is 0 Å². The summed E-state index contributed by atoms with van der Waals surface area (Å²) in [6, 6.07) is 10.7. The molecule has 2 heteroatoms. The zero-order valence-corrected chi connectivity index (χ0v) is 10.2. The van der Waals surface area contributed by atoms with Crippen molar-refractivity contribution in [1.82, 2.24) is 4.90 Å². The minimum Gasteiger partial charge on any atom is -0.324 e. The van der Waals surface area contributed by atoms with E-state index in [1.54, 1.807) is 0 Å². The molecule has 2 nitrogen and oxygen atoms in total. The molecule has 1 fully saturated rings. The lowest BCUT2D eigenvalue weighted by Crippen LogP contribution is -2.52. The molecule has 2 rings (SSSR count). The Morgan fingerprint density at radius 1 is 1.31 bits per heavy atom. The minimum atomic E-state index is 0.0228. The van der Waals surface area contributed by atoms with Crippen LogP contribution in [0.5, 0.6) is 0 Å². The number of piperidine rings is 1. The summed E-state index contributed by atoms with van der Waals surface area (Å²) in [4.78, 5) is 2.50. The number of hydrogen-bond donors (Lipinski definition) is 1. The standard InChI is InChI=1S/C14H22N2/c1-14(15)9-5-10-16(12-14)11-8-13-6-3-2-4-7-13/h2-4,6-7H,5,8-12,15H2,1H3. The lowest BCUT2D eigenvalue weighted by Gasteiger charge is -2.37. The first-order valence-electron chi connectivity index (χ1n) is 6.21. The Morgan fingerprint density at radius 2 is 2.06 bits per heavy atom. The number of benzene rings is 1. The summed E-state index contributed by atoms with van der Waals surface area (Å²) in [6.45, 7) is 5.55. The van der Waals surface area contributed by atoms with E-state index in [1.807, 2.05) is 0 Å². The van der Waals surface area contributed by atoms with Crippen molar-refractivity contribution >= 4 is 0 Å². The van der Waals surface area contributed by atoms with Crippen LogP contribution in [0.25, 0.3) is 0 Å². The van der Waals surface area contributed by atoms with Crippen LogP contribution in [0.4, 0.5) is 0 Å². The van der Waals surface area contributed by atoms with E-state index in [2.05, 4.69) is 42.2 Å². The second-order valence-electron chi connectivity index (χ2n) is 5.27. The van der Waals surface area contributed by atoms with Gasteiger partial charge in [-0.15, -0.1) is 0 Å². The first-order valence-corrected chi connectivity index (χ1v) is 6.21. The molecule has 1 aliphatic rings. The summed E-state index contributed by atoms with van der Waals surface area (Å²) in [5, 5.41) is 0. The number of rotatable bonds is 3. The average molecular weight is 218 g/mol. The monoisotopic (exact) mass is 218 g/mol. The zero-order chi connectivity index (χ0) is 11.4. The summed E-state index contributed by atoms with van der Waals surface area (Å²) in [7, 11) is 0. The second kappa shape index (κ2) is 4.98. The minimum absolute atomic E-state index is 0.0228. The summed E-state index contributed by atoms with van der Waals surface area (Å²) in [5.74, 6) is 0. The Kier molecular flexibility index (Phi) is 3.62. The van der Waals surface area contributed by atoms with E-state index in [4.69, 9.17) is 5.73 Å². The van der Waals surface area contributed by atoms with Crippen molar-refractivity contribution in [3.8, 4) is 0 Å². The molecule has 1 saturated heterocycles. The van der Waals surface area contributed by atoms with Crippen molar-refractivity contribution in [2.75, 3.05) is 19.6 Å². The van der Waals surface area contributed by atoms with Gasteiger partial charge in [-0.3, -0.25) is 0 Å². The van der Waals surface area contributed by atoms with Gasteiger partial charge in [-0.25, -0.2) is 0 Å². The van der Waals surface area contributed by atoms with Gasteiger partial charge in [-0.2, -0.15) is 0 Å². The number of hydrogen-bond acceptors (Lipinski definition) is 2. The Morgan fingerprint density at radius 3 is 2.75 bits per heavy atom. The van der Waals surface area contributed by atoms with Crippen LogP contribution in [-0.2, 0) is 6.42 Å². The summed E-state index contributed by atoms with van der Waals surface area (Å²) < 4.78 is 0. The maximum Gasteiger partial charge on any atom is 0.0255 e. The predicted molar refractivity (Wildman–Crippen MR) is 68.4 cm³/mol. The smallest absolute Gasteiger partial charge is 0.0255 e. The molecule has 1 aromatic rings. The highest BCUT2D eigenvalue weighted by molar-refractivity contribution is 5.14. The Balaban J connectivity index is 1.82. The Bertz CT molecular complexity index is 319. The summed E-state index contributed by atoms with van der Waals surface area (Å²) in [5.41, 5.74) is 7.64. The van der Waals surface area contributed by atoms with E-state index in [0.717, 1.165) is 25.9 Å². The van der Waals surface area contributed by atoms with Gasteiger partial charge in [0.2, 0.25) is 0 Å².